The van der Waals surface area contributed by atoms with Crippen molar-refractivity contribution in [3.63, 3.8) is 0 Å². The summed E-state index contributed by atoms with van der Waals surface area (Å²) in [5.74, 6) is 2.82. The molecule has 1 fully saturated rings. The second kappa shape index (κ2) is 5.60. The monoisotopic (exact) mass is 293 g/mol. The molecule has 22 heavy (non-hydrogen) atoms. The van der Waals surface area contributed by atoms with E-state index in [-0.39, 0.29) is 0 Å². The summed E-state index contributed by atoms with van der Waals surface area (Å²) in [5, 5.41) is 3.99. The van der Waals surface area contributed by atoms with E-state index in [9.17, 15) is 0 Å². The highest BCUT2D eigenvalue weighted by atomic mass is 16.5. The number of aromatic nitrogens is 3. The van der Waals surface area contributed by atoms with Crippen molar-refractivity contribution in [1.29, 1.82) is 0 Å². The van der Waals surface area contributed by atoms with E-state index in [4.69, 9.17) is 9.26 Å². The molecule has 4 rings (SSSR count). The van der Waals surface area contributed by atoms with Gasteiger partial charge in [-0.15, -0.1) is 0 Å². The van der Waals surface area contributed by atoms with Crippen LogP contribution in [-0.2, 0) is 6.61 Å². The second-order valence-corrected chi connectivity index (χ2v) is 5.39. The Labute approximate surface area is 128 Å². The lowest BCUT2D eigenvalue weighted by molar-refractivity contribution is 0.285. The average molecular weight is 293 g/mol. The van der Waals surface area contributed by atoms with Crippen LogP contribution in [0.25, 0.3) is 0 Å². The van der Waals surface area contributed by atoms with E-state index < -0.39 is 0 Å². The predicted molar refractivity (Wildman–Crippen MR) is 79.4 cm³/mol. The van der Waals surface area contributed by atoms with Gasteiger partial charge in [0.15, 0.2) is 6.61 Å². The molecule has 5 nitrogen and oxygen atoms in total. The van der Waals surface area contributed by atoms with Crippen LogP contribution in [0, 0.1) is 0 Å². The first-order chi connectivity index (χ1) is 10.9. The van der Waals surface area contributed by atoms with E-state index >= 15 is 0 Å². The van der Waals surface area contributed by atoms with E-state index in [1.807, 2.05) is 42.6 Å². The van der Waals surface area contributed by atoms with Crippen LogP contribution < -0.4 is 4.74 Å². The van der Waals surface area contributed by atoms with Gasteiger partial charge in [-0.05, 0) is 36.1 Å². The molecule has 0 amide bonds. The molecular weight excluding hydrogens is 278 g/mol. The van der Waals surface area contributed by atoms with Crippen molar-refractivity contribution >= 4 is 0 Å². The molecule has 0 radical (unpaired) electrons. The molecule has 2 atom stereocenters. The fraction of sp³-hybridized carbons (Fsp3) is 0.235. The molecule has 110 valence electrons. The molecule has 5 heteroatoms. The van der Waals surface area contributed by atoms with Crippen molar-refractivity contribution in [2.45, 2.75) is 24.9 Å². The molecule has 1 aliphatic carbocycles. The highest BCUT2D eigenvalue weighted by molar-refractivity contribution is 5.28. The van der Waals surface area contributed by atoms with Gasteiger partial charge < -0.3 is 9.26 Å². The number of ether oxygens (including phenoxy) is 1. The molecule has 0 N–H and O–H groups in total. The summed E-state index contributed by atoms with van der Waals surface area (Å²) >= 11 is 0. The smallest absolute Gasteiger partial charge is 0.230 e. The van der Waals surface area contributed by atoms with Crippen LogP contribution in [0.3, 0.4) is 0 Å². The van der Waals surface area contributed by atoms with Gasteiger partial charge in [0, 0.05) is 18.3 Å². The van der Waals surface area contributed by atoms with Gasteiger partial charge in [0.1, 0.15) is 5.75 Å². The molecule has 0 unspecified atom stereocenters. The van der Waals surface area contributed by atoms with Crippen molar-refractivity contribution in [3.05, 3.63) is 72.1 Å². The van der Waals surface area contributed by atoms with Crippen molar-refractivity contribution in [2.24, 2.45) is 0 Å². The Kier molecular flexibility index (Phi) is 3.31. The largest absolute Gasteiger partial charge is 0.485 e. The topological polar surface area (TPSA) is 61.0 Å². The van der Waals surface area contributed by atoms with E-state index in [0.717, 1.165) is 12.2 Å². The molecule has 0 saturated heterocycles. The van der Waals surface area contributed by atoms with E-state index in [2.05, 4.69) is 21.2 Å². The molecule has 1 aromatic carbocycles. The summed E-state index contributed by atoms with van der Waals surface area (Å²) in [7, 11) is 0. The van der Waals surface area contributed by atoms with E-state index in [1.165, 1.54) is 5.56 Å². The van der Waals surface area contributed by atoms with Crippen LogP contribution in [0.15, 0.2) is 59.4 Å². The SMILES string of the molecule is c1ccc(OCc2noc([C@H]3C[C@@H]3c3cccnc3)n2)cc1. The minimum atomic E-state index is 0.308. The van der Waals surface area contributed by atoms with Gasteiger partial charge in [0.25, 0.3) is 0 Å². The van der Waals surface area contributed by atoms with Gasteiger partial charge in [-0.25, -0.2) is 0 Å². The summed E-state index contributed by atoms with van der Waals surface area (Å²) in [6.45, 7) is 0.317. The Hall–Kier alpha value is -2.69. The number of nitrogens with zero attached hydrogens (tertiary/aromatic N) is 3. The number of rotatable bonds is 5. The third-order valence-corrected chi connectivity index (χ3v) is 3.82. The molecule has 0 aliphatic heterocycles. The van der Waals surface area contributed by atoms with Crippen LogP contribution in [0.4, 0.5) is 0 Å². The first-order valence-corrected chi connectivity index (χ1v) is 7.30. The van der Waals surface area contributed by atoms with Gasteiger partial charge >= 0.3 is 0 Å². The lowest BCUT2D eigenvalue weighted by Crippen LogP contribution is -1.97. The summed E-state index contributed by atoms with van der Waals surface area (Å²) in [6, 6.07) is 13.7. The highest BCUT2D eigenvalue weighted by Crippen LogP contribution is 2.53. The quantitative estimate of drug-likeness (QED) is 0.722. The predicted octanol–water partition coefficient (Wildman–Crippen LogP) is 3.31. The minimum Gasteiger partial charge on any atom is -0.485 e. The number of hydrogen-bond donors (Lipinski definition) is 0. The van der Waals surface area contributed by atoms with Crippen LogP contribution in [0.5, 0.6) is 5.75 Å². The number of hydrogen-bond acceptors (Lipinski definition) is 5. The maximum absolute atomic E-state index is 5.62. The van der Waals surface area contributed by atoms with Crippen LogP contribution >= 0.6 is 0 Å². The van der Waals surface area contributed by atoms with Gasteiger partial charge in [-0.3, -0.25) is 4.98 Å². The van der Waals surface area contributed by atoms with Gasteiger partial charge in [-0.2, -0.15) is 4.98 Å². The highest BCUT2D eigenvalue weighted by Gasteiger charge is 2.43. The molecule has 1 saturated carbocycles. The Bertz CT molecular complexity index is 743. The molecule has 0 bridgehead atoms. The van der Waals surface area contributed by atoms with Gasteiger partial charge in [-0.1, -0.05) is 29.4 Å². The fourth-order valence-electron chi connectivity index (χ4n) is 2.57. The lowest BCUT2D eigenvalue weighted by Gasteiger charge is -2.01. The van der Waals surface area contributed by atoms with E-state index in [1.54, 1.807) is 6.20 Å². The van der Waals surface area contributed by atoms with Crippen molar-refractivity contribution in [3.8, 4) is 5.75 Å². The molecule has 2 aromatic heterocycles. The molecule has 0 spiro atoms. The Morgan fingerprint density at radius 3 is 2.82 bits per heavy atom. The third kappa shape index (κ3) is 2.70. The van der Waals surface area contributed by atoms with Crippen LogP contribution in [0.2, 0.25) is 0 Å². The van der Waals surface area contributed by atoms with Crippen molar-refractivity contribution in [2.75, 3.05) is 0 Å². The first kappa shape index (κ1) is 13.0. The fourth-order valence-corrected chi connectivity index (χ4v) is 2.57. The normalized spacial score (nSPS) is 19.8. The van der Waals surface area contributed by atoms with Gasteiger partial charge in [0.05, 0.1) is 0 Å². The second-order valence-electron chi connectivity index (χ2n) is 5.39. The Morgan fingerprint density at radius 1 is 1.09 bits per heavy atom. The number of benzene rings is 1. The standard InChI is InChI=1S/C17H15N3O2/c1-2-6-13(7-3-1)21-11-16-19-17(22-20-16)15-9-14(15)12-5-4-8-18-10-12/h1-8,10,14-15H,9,11H2/t14-,15+/m1/s1. The first-order valence-electron chi connectivity index (χ1n) is 7.30. The maximum atomic E-state index is 5.62. The Morgan fingerprint density at radius 2 is 2.00 bits per heavy atom. The average Bonchev–Trinajstić information content (AvgIpc) is 3.25. The summed E-state index contributed by atoms with van der Waals surface area (Å²) < 4.78 is 11.0. The third-order valence-electron chi connectivity index (χ3n) is 3.82. The summed E-state index contributed by atoms with van der Waals surface area (Å²) in [4.78, 5) is 8.60. The van der Waals surface area contributed by atoms with Crippen molar-refractivity contribution in [1.82, 2.24) is 15.1 Å². The summed E-state index contributed by atoms with van der Waals surface area (Å²) in [5.41, 5.74) is 1.23. The van der Waals surface area contributed by atoms with Gasteiger partial charge in [0.2, 0.25) is 11.7 Å². The van der Waals surface area contributed by atoms with Crippen molar-refractivity contribution < 1.29 is 9.26 Å². The number of para-hydroxylation sites is 1. The number of pyridine rings is 1. The zero-order valence-corrected chi connectivity index (χ0v) is 11.9. The summed E-state index contributed by atoms with van der Waals surface area (Å²) in [6.07, 6.45) is 4.72. The maximum Gasteiger partial charge on any atom is 0.230 e. The molecule has 3 aromatic rings. The molecule has 1 aliphatic rings. The van der Waals surface area contributed by atoms with E-state index in [0.29, 0.717) is 30.2 Å². The zero-order chi connectivity index (χ0) is 14.8. The van der Waals surface area contributed by atoms with Crippen LogP contribution in [-0.4, -0.2) is 15.1 Å². The minimum absolute atomic E-state index is 0.308. The zero-order valence-electron chi connectivity index (χ0n) is 11.9. The molecular formula is C17H15N3O2. The van der Waals surface area contributed by atoms with Crippen LogP contribution in [0.1, 0.15) is 35.5 Å². The molecule has 2 heterocycles. The Balaban J connectivity index is 1.39. The lowest BCUT2D eigenvalue weighted by atomic mass is 10.1.